The Morgan fingerprint density at radius 3 is 3.08 bits per heavy atom. The third-order valence-electron chi connectivity index (χ3n) is 2.62. The number of rotatable bonds is 3. The summed E-state index contributed by atoms with van der Waals surface area (Å²) in [6, 6.07) is 0. The average molecular weight is 176 g/mol. The highest BCUT2D eigenvalue weighted by Gasteiger charge is 2.24. The molecule has 1 heterocycles. The van der Waals surface area contributed by atoms with E-state index in [2.05, 4.69) is 25.2 Å². The molecular formula is C12H16O. The molecule has 1 atom stereocenters. The van der Waals surface area contributed by atoms with Crippen molar-refractivity contribution in [3.63, 3.8) is 0 Å². The Kier molecular flexibility index (Phi) is 2.26. The molecule has 0 amide bonds. The molecule has 70 valence electrons. The quantitative estimate of drug-likeness (QED) is 0.640. The van der Waals surface area contributed by atoms with Crippen molar-refractivity contribution in [1.82, 2.24) is 0 Å². The zero-order valence-electron chi connectivity index (χ0n) is 8.34. The highest BCUT2D eigenvalue weighted by molar-refractivity contribution is 5.48. The van der Waals surface area contributed by atoms with Gasteiger partial charge in [-0.3, -0.25) is 0 Å². The molecule has 13 heavy (non-hydrogen) atoms. The SMILES string of the molecule is CCCCC1=C2C=C(C)OC2C=C1. The maximum atomic E-state index is 5.61. The molecule has 1 aliphatic heterocycles. The maximum Gasteiger partial charge on any atom is 0.142 e. The van der Waals surface area contributed by atoms with Crippen LogP contribution in [0.15, 0.2) is 35.1 Å². The Hall–Kier alpha value is -0.980. The molecule has 0 N–H and O–H groups in total. The first-order valence-corrected chi connectivity index (χ1v) is 5.07. The van der Waals surface area contributed by atoms with Gasteiger partial charge in [-0.2, -0.15) is 0 Å². The van der Waals surface area contributed by atoms with Gasteiger partial charge in [-0.05, 0) is 37.5 Å². The van der Waals surface area contributed by atoms with Crippen LogP contribution < -0.4 is 0 Å². The molecule has 0 fully saturated rings. The van der Waals surface area contributed by atoms with Crippen LogP contribution in [0.3, 0.4) is 0 Å². The van der Waals surface area contributed by atoms with Crippen LogP contribution in [0.25, 0.3) is 0 Å². The molecule has 2 rings (SSSR count). The van der Waals surface area contributed by atoms with Crippen LogP contribution in [0, 0.1) is 0 Å². The highest BCUT2D eigenvalue weighted by Crippen LogP contribution is 2.33. The first-order valence-electron chi connectivity index (χ1n) is 5.07. The second-order valence-corrected chi connectivity index (χ2v) is 3.74. The van der Waals surface area contributed by atoms with Gasteiger partial charge >= 0.3 is 0 Å². The van der Waals surface area contributed by atoms with Gasteiger partial charge in [-0.1, -0.05) is 19.4 Å². The summed E-state index contributed by atoms with van der Waals surface area (Å²) in [5, 5.41) is 0. The van der Waals surface area contributed by atoms with Crippen LogP contribution in [-0.4, -0.2) is 6.10 Å². The van der Waals surface area contributed by atoms with Crippen molar-refractivity contribution in [2.24, 2.45) is 0 Å². The van der Waals surface area contributed by atoms with Crippen molar-refractivity contribution in [3.05, 3.63) is 35.1 Å². The minimum atomic E-state index is 0.242. The summed E-state index contributed by atoms with van der Waals surface area (Å²) in [4.78, 5) is 0. The molecule has 0 aromatic carbocycles. The van der Waals surface area contributed by atoms with Crippen molar-refractivity contribution in [2.75, 3.05) is 0 Å². The molecule has 0 saturated carbocycles. The van der Waals surface area contributed by atoms with Gasteiger partial charge in [0.05, 0.1) is 5.76 Å². The van der Waals surface area contributed by atoms with Crippen molar-refractivity contribution in [1.29, 1.82) is 0 Å². The Bertz CT molecular complexity index is 294. The van der Waals surface area contributed by atoms with Crippen molar-refractivity contribution >= 4 is 0 Å². The molecule has 1 nitrogen and oxygen atoms in total. The van der Waals surface area contributed by atoms with Crippen LogP contribution in [0.1, 0.15) is 33.1 Å². The Balaban J connectivity index is 2.13. The summed E-state index contributed by atoms with van der Waals surface area (Å²) >= 11 is 0. The molecular weight excluding hydrogens is 160 g/mol. The lowest BCUT2D eigenvalue weighted by Gasteiger charge is -2.05. The minimum Gasteiger partial charge on any atom is -0.486 e. The number of hydrogen-bond donors (Lipinski definition) is 0. The van der Waals surface area contributed by atoms with E-state index in [4.69, 9.17) is 4.74 Å². The van der Waals surface area contributed by atoms with Gasteiger partial charge in [0.1, 0.15) is 6.10 Å². The van der Waals surface area contributed by atoms with Crippen molar-refractivity contribution < 1.29 is 4.74 Å². The van der Waals surface area contributed by atoms with E-state index in [1.807, 2.05) is 6.92 Å². The minimum absolute atomic E-state index is 0.242. The fourth-order valence-electron chi connectivity index (χ4n) is 1.91. The molecule has 0 aromatic heterocycles. The van der Waals surface area contributed by atoms with E-state index in [-0.39, 0.29) is 6.10 Å². The predicted octanol–water partition coefficient (Wildman–Crippen LogP) is 3.35. The summed E-state index contributed by atoms with van der Waals surface area (Å²) in [6.45, 7) is 4.25. The van der Waals surface area contributed by atoms with Crippen molar-refractivity contribution in [3.8, 4) is 0 Å². The van der Waals surface area contributed by atoms with Gasteiger partial charge in [-0.15, -0.1) is 0 Å². The second kappa shape index (κ2) is 3.41. The molecule has 1 unspecified atom stereocenters. The lowest BCUT2D eigenvalue weighted by Crippen LogP contribution is -2.00. The van der Waals surface area contributed by atoms with E-state index in [1.165, 1.54) is 30.4 Å². The fraction of sp³-hybridized carbons (Fsp3) is 0.500. The van der Waals surface area contributed by atoms with Gasteiger partial charge in [0.25, 0.3) is 0 Å². The molecule has 2 aliphatic rings. The van der Waals surface area contributed by atoms with E-state index in [0.29, 0.717) is 0 Å². The summed E-state index contributed by atoms with van der Waals surface area (Å²) < 4.78 is 5.61. The number of unbranched alkanes of at least 4 members (excludes halogenated alkanes) is 1. The van der Waals surface area contributed by atoms with Crippen LogP contribution in [0.2, 0.25) is 0 Å². The highest BCUT2D eigenvalue weighted by atomic mass is 16.5. The summed E-state index contributed by atoms with van der Waals surface area (Å²) in [7, 11) is 0. The summed E-state index contributed by atoms with van der Waals surface area (Å²) in [6.07, 6.45) is 10.5. The molecule has 0 radical (unpaired) electrons. The van der Waals surface area contributed by atoms with E-state index < -0.39 is 0 Å². The first kappa shape index (κ1) is 8.61. The fourth-order valence-corrected chi connectivity index (χ4v) is 1.91. The third kappa shape index (κ3) is 1.55. The first-order chi connectivity index (χ1) is 6.31. The van der Waals surface area contributed by atoms with E-state index in [9.17, 15) is 0 Å². The average Bonchev–Trinajstić information content (AvgIpc) is 2.61. The Labute approximate surface area is 79.8 Å². The monoisotopic (exact) mass is 176 g/mol. The largest absolute Gasteiger partial charge is 0.486 e. The Morgan fingerprint density at radius 2 is 2.31 bits per heavy atom. The zero-order valence-corrected chi connectivity index (χ0v) is 8.34. The van der Waals surface area contributed by atoms with E-state index in [1.54, 1.807) is 0 Å². The van der Waals surface area contributed by atoms with Gasteiger partial charge in [-0.25, -0.2) is 0 Å². The van der Waals surface area contributed by atoms with Gasteiger partial charge in [0.2, 0.25) is 0 Å². The van der Waals surface area contributed by atoms with Crippen molar-refractivity contribution in [2.45, 2.75) is 39.2 Å². The number of ether oxygens (including phenoxy) is 1. The standard InChI is InChI=1S/C12H16O/c1-3-4-5-10-6-7-12-11(10)8-9(2)13-12/h6-8,12H,3-5H2,1-2H3. The molecule has 1 heteroatoms. The second-order valence-electron chi connectivity index (χ2n) is 3.74. The lowest BCUT2D eigenvalue weighted by atomic mass is 10.0. The maximum absolute atomic E-state index is 5.61. The summed E-state index contributed by atoms with van der Waals surface area (Å²) in [5.74, 6) is 1.05. The van der Waals surface area contributed by atoms with Crippen LogP contribution in [0.4, 0.5) is 0 Å². The smallest absolute Gasteiger partial charge is 0.142 e. The lowest BCUT2D eigenvalue weighted by molar-refractivity contribution is 0.208. The molecule has 1 aliphatic carbocycles. The third-order valence-corrected chi connectivity index (χ3v) is 2.62. The van der Waals surface area contributed by atoms with Crippen LogP contribution in [-0.2, 0) is 4.74 Å². The molecule has 0 aromatic rings. The van der Waals surface area contributed by atoms with E-state index >= 15 is 0 Å². The topological polar surface area (TPSA) is 9.23 Å². The number of fused-ring (bicyclic) bond motifs is 1. The van der Waals surface area contributed by atoms with Gasteiger partial charge in [0.15, 0.2) is 0 Å². The van der Waals surface area contributed by atoms with Crippen LogP contribution in [0.5, 0.6) is 0 Å². The van der Waals surface area contributed by atoms with E-state index in [0.717, 1.165) is 5.76 Å². The summed E-state index contributed by atoms with van der Waals surface area (Å²) in [5.41, 5.74) is 2.87. The molecule has 0 bridgehead atoms. The van der Waals surface area contributed by atoms with Gasteiger partial charge in [0, 0.05) is 5.57 Å². The van der Waals surface area contributed by atoms with Crippen LogP contribution >= 0.6 is 0 Å². The predicted molar refractivity (Wildman–Crippen MR) is 54.3 cm³/mol. The zero-order chi connectivity index (χ0) is 9.26. The van der Waals surface area contributed by atoms with Gasteiger partial charge < -0.3 is 4.74 Å². The molecule has 0 spiro atoms. The number of allylic oxidation sites excluding steroid dienone is 3. The normalized spacial score (nSPS) is 24.8. The Morgan fingerprint density at radius 1 is 1.46 bits per heavy atom. The molecule has 0 saturated heterocycles. The number of hydrogen-bond acceptors (Lipinski definition) is 1.